The van der Waals surface area contributed by atoms with E-state index in [1.165, 1.54) is 11.3 Å². The van der Waals surface area contributed by atoms with Crippen molar-refractivity contribution in [3.8, 4) is 17.0 Å². The normalized spacial score (nSPS) is 11.6. The molecule has 0 N–H and O–H groups in total. The summed E-state index contributed by atoms with van der Waals surface area (Å²) in [7, 11) is 0. The predicted octanol–water partition coefficient (Wildman–Crippen LogP) is 4.18. The number of rotatable bonds is 5. The summed E-state index contributed by atoms with van der Waals surface area (Å²) in [5.74, 6) is 1.12. The van der Waals surface area contributed by atoms with Gasteiger partial charge in [0.2, 0.25) is 4.96 Å². The van der Waals surface area contributed by atoms with Crippen LogP contribution in [-0.2, 0) is 0 Å². The van der Waals surface area contributed by atoms with Gasteiger partial charge in [-0.25, -0.2) is 4.98 Å². The highest BCUT2D eigenvalue weighted by Crippen LogP contribution is 2.29. The van der Waals surface area contributed by atoms with Gasteiger partial charge >= 0.3 is 0 Å². The maximum Gasteiger partial charge on any atom is 0.213 e. The van der Waals surface area contributed by atoms with Crippen LogP contribution in [0, 0.1) is 0 Å². The van der Waals surface area contributed by atoms with Crippen molar-refractivity contribution >= 4 is 22.6 Å². The van der Waals surface area contributed by atoms with Crippen LogP contribution in [0.3, 0.4) is 0 Å². The molecule has 0 radical (unpaired) electrons. The van der Waals surface area contributed by atoms with E-state index in [1.54, 1.807) is 4.52 Å². The molecule has 1 aromatic carbocycles. The molecule has 0 aliphatic rings. The molecule has 3 aromatic rings. The number of ether oxygens (including phenoxy) is 1. The summed E-state index contributed by atoms with van der Waals surface area (Å²) >= 11 is 1.52. The first-order chi connectivity index (χ1) is 11.0. The first-order valence-electron chi connectivity index (χ1n) is 7.61. The minimum atomic E-state index is 0.128. The molecule has 2 aromatic heterocycles. The number of hydrogen-bond acceptors (Lipinski definition) is 5. The number of carbonyl (C=O) groups excluding carboxylic acids is 1. The van der Waals surface area contributed by atoms with Crippen molar-refractivity contribution in [3.63, 3.8) is 0 Å². The Labute approximate surface area is 138 Å². The van der Waals surface area contributed by atoms with Gasteiger partial charge in [0.15, 0.2) is 6.29 Å². The second-order valence-electron chi connectivity index (χ2n) is 5.94. The van der Waals surface area contributed by atoms with Crippen LogP contribution in [-0.4, -0.2) is 27.0 Å². The van der Waals surface area contributed by atoms with Gasteiger partial charge in [-0.1, -0.05) is 25.2 Å². The molecule has 6 heteroatoms. The molecule has 120 valence electrons. The van der Waals surface area contributed by atoms with E-state index in [0.717, 1.165) is 27.6 Å². The summed E-state index contributed by atoms with van der Waals surface area (Å²) in [5, 5.41) is 5.48. The molecule has 2 heterocycles. The van der Waals surface area contributed by atoms with Crippen LogP contribution in [0.4, 0.5) is 0 Å². The summed E-state index contributed by atoms with van der Waals surface area (Å²) in [6.45, 7) is 8.13. The van der Waals surface area contributed by atoms with Gasteiger partial charge in [0.1, 0.15) is 22.1 Å². The van der Waals surface area contributed by atoms with Gasteiger partial charge in [0.25, 0.3) is 0 Å². The van der Waals surface area contributed by atoms with Crippen molar-refractivity contribution in [2.45, 2.75) is 39.7 Å². The van der Waals surface area contributed by atoms with E-state index in [1.807, 2.05) is 38.1 Å². The summed E-state index contributed by atoms with van der Waals surface area (Å²) in [5.41, 5.74) is 2.03. The Bertz CT molecular complexity index is 832. The molecule has 0 spiro atoms. The Kier molecular flexibility index (Phi) is 4.17. The van der Waals surface area contributed by atoms with Crippen LogP contribution in [0.1, 0.15) is 49.1 Å². The van der Waals surface area contributed by atoms with Crippen LogP contribution in [0.5, 0.6) is 5.75 Å². The van der Waals surface area contributed by atoms with E-state index in [-0.39, 0.29) is 6.10 Å². The fraction of sp³-hybridized carbons (Fsp3) is 0.353. The average Bonchev–Trinajstić information content (AvgIpc) is 3.04. The molecule has 0 fully saturated rings. The van der Waals surface area contributed by atoms with Gasteiger partial charge in [0.05, 0.1) is 6.10 Å². The first-order valence-corrected chi connectivity index (χ1v) is 8.43. The quantitative estimate of drug-likeness (QED) is 0.659. The summed E-state index contributed by atoms with van der Waals surface area (Å²) in [6, 6.07) is 7.62. The standard InChI is InChI=1S/C17H19N3O2S/c1-10(2)16-19-20-14(9-21)15(18-17(20)23-16)12-5-7-13(8-6-12)22-11(3)4/h5-11H,1-4H3. The molecule has 3 rings (SSSR count). The molecule has 5 nitrogen and oxygen atoms in total. The lowest BCUT2D eigenvalue weighted by atomic mass is 10.1. The average molecular weight is 329 g/mol. The molecular weight excluding hydrogens is 310 g/mol. The Morgan fingerprint density at radius 2 is 1.87 bits per heavy atom. The third-order valence-corrected chi connectivity index (χ3v) is 4.57. The van der Waals surface area contributed by atoms with E-state index < -0.39 is 0 Å². The largest absolute Gasteiger partial charge is 0.491 e. The van der Waals surface area contributed by atoms with Gasteiger partial charge in [-0.15, -0.1) is 0 Å². The minimum Gasteiger partial charge on any atom is -0.491 e. The predicted molar refractivity (Wildman–Crippen MR) is 91.5 cm³/mol. The molecule has 0 unspecified atom stereocenters. The summed E-state index contributed by atoms with van der Waals surface area (Å²) < 4.78 is 7.28. The number of benzene rings is 1. The molecule has 0 bridgehead atoms. The number of imidazole rings is 1. The van der Waals surface area contributed by atoms with E-state index >= 15 is 0 Å². The number of fused-ring (bicyclic) bond motifs is 1. The van der Waals surface area contributed by atoms with Crippen LogP contribution in [0.25, 0.3) is 16.2 Å². The lowest BCUT2D eigenvalue weighted by Gasteiger charge is -2.09. The fourth-order valence-corrected chi connectivity index (χ4v) is 3.20. The van der Waals surface area contributed by atoms with Crippen LogP contribution in [0.2, 0.25) is 0 Å². The smallest absolute Gasteiger partial charge is 0.213 e. The van der Waals surface area contributed by atoms with E-state index in [0.29, 0.717) is 17.3 Å². The fourth-order valence-electron chi connectivity index (χ4n) is 2.29. The van der Waals surface area contributed by atoms with Crippen molar-refractivity contribution < 1.29 is 9.53 Å². The topological polar surface area (TPSA) is 56.5 Å². The molecule has 0 aliphatic carbocycles. The number of aromatic nitrogens is 3. The zero-order chi connectivity index (χ0) is 16.6. The highest BCUT2D eigenvalue weighted by atomic mass is 32.1. The Balaban J connectivity index is 2.02. The molecule has 0 aliphatic heterocycles. The van der Waals surface area contributed by atoms with Gasteiger partial charge in [-0.05, 0) is 38.1 Å². The Morgan fingerprint density at radius 3 is 2.43 bits per heavy atom. The third kappa shape index (κ3) is 2.99. The van der Waals surface area contributed by atoms with Gasteiger partial charge < -0.3 is 4.74 Å². The lowest BCUT2D eigenvalue weighted by molar-refractivity contribution is 0.111. The van der Waals surface area contributed by atoms with Crippen molar-refractivity contribution in [2.75, 3.05) is 0 Å². The highest BCUT2D eigenvalue weighted by Gasteiger charge is 2.18. The van der Waals surface area contributed by atoms with Crippen LogP contribution in [0.15, 0.2) is 24.3 Å². The summed E-state index contributed by atoms with van der Waals surface area (Å²) in [6.07, 6.45) is 0.945. The van der Waals surface area contributed by atoms with Crippen LogP contribution >= 0.6 is 11.3 Å². The molecular formula is C17H19N3O2S. The van der Waals surface area contributed by atoms with Gasteiger partial charge in [0, 0.05) is 11.5 Å². The molecule has 0 amide bonds. The van der Waals surface area contributed by atoms with E-state index in [2.05, 4.69) is 23.9 Å². The SMILES string of the molecule is CC(C)Oc1ccc(-c2nc3sc(C(C)C)nn3c2C=O)cc1. The number of nitrogens with zero attached hydrogens (tertiary/aromatic N) is 3. The molecule has 23 heavy (non-hydrogen) atoms. The minimum absolute atomic E-state index is 0.128. The number of hydrogen-bond donors (Lipinski definition) is 0. The number of aldehydes is 1. The molecule has 0 atom stereocenters. The van der Waals surface area contributed by atoms with E-state index in [4.69, 9.17) is 4.74 Å². The first kappa shape index (κ1) is 15.7. The van der Waals surface area contributed by atoms with Crippen molar-refractivity contribution in [3.05, 3.63) is 35.0 Å². The summed E-state index contributed by atoms with van der Waals surface area (Å²) in [4.78, 5) is 16.9. The van der Waals surface area contributed by atoms with Gasteiger partial charge in [-0.3, -0.25) is 4.79 Å². The van der Waals surface area contributed by atoms with Crippen molar-refractivity contribution in [1.82, 2.24) is 14.6 Å². The maximum atomic E-state index is 11.5. The Morgan fingerprint density at radius 1 is 1.17 bits per heavy atom. The van der Waals surface area contributed by atoms with E-state index in [9.17, 15) is 4.79 Å². The second kappa shape index (κ2) is 6.12. The monoisotopic (exact) mass is 329 g/mol. The zero-order valence-electron chi connectivity index (χ0n) is 13.6. The van der Waals surface area contributed by atoms with Crippen molar-refractivity contribution in [1.29, 1.82) is 0 Å². The van der Waals surface area contributed by atoms with Crippen LogP contribution < -0.4 is 4.74 Å². The number of carbonyl (C=O) groups is 1. The Hall–Kier alpha value is -2.21. The highest BCUT2D eigenvalue weighted by molar-refractivity contribution is 7.16. The maximum absolute atomic E-state index is 11.5. The van der Waals surface area contributed by atoms with Gasteiger partial charge in [-0.2, -0.15) is 9.61 Å². The lowest BCUT2D eigenvalue weighted by Crippen LogP contribution is -2.05. The zero-order valence-corrected chi connectivity index (χ0v) is 14.4. The molecule has 0 saturated carbocycles. The molecule has 0 saturated heterocycles. The second-order valence-corrected chi connectivity index (χ2v) is 6.93. The third-order valence-electron chi connectivity index (χ3n) is 3.36. The van der Waals surface area contributed by atoms with Crippen molar-refractivity contribution in [2.24, 2.45) is 0 Å².